The molecule has 3 aromatic rings. The summed E-state index contributed by atoms with van der Waals surface area (Å²) in [7, 11) is 0. The van der Waals surface area contributed by atoms with Crippen molar-refractivity contribution in [2.24, 2.45) is 0 Å². The molecule has 2 heterocycles. The van der Waals surface area contributed by atoms with Crippen LogP contribution in [0.2, 0.25) is 5.02 Å². The minimum Gasteiger partial charge on any atom is -0.397 e. The van der Waals surface area contributed by atoms with Gasteiger partial charge in [-0.2, -0.15) is 13.2 Å². The van der Waals surface area contributed by atoms with E-state index in [4.69, 9.17) is 17.3 Å². The summed E-state index contributed by atoms with van der Waals surface area (Å²) in [6.07, 6.45) is -1.07. The summed E-state index contributed by atoms with van der Waals surface area (Å²) in [5.74, 6) is 0. The Morgan fingerprint density at radius 1 is 1.18 bits per heavy atom. The molecule has 2 N–H and O–H groups in total. The SMILES string of the molecule is Nc1cnc2c(ccn2Cc2ccc(C(F)(F)F)cc2Cl)c1. The van der Waals surface area contributed by atoms with E-state index in [2.05, 4.69) is 4.98 Å². The van der Waals surface area contributed by atoms with Crippen LogP contribution in [0.4, 0.5) is 18.9 Å². The second-order valence-corrected chi connectivity index (χ2v) is 5.34. The highest BCUT2D eigenvalue weighted by molar-refractivity contribution is 6.31. The molecule has 2 aromatic heterocycles. The fourth-order valence-corrected chi connectivity index (χ4v) is 2.50. The molecule has 0 atom stereocenters. The molecule has 0 unspecified atom stereocenters. The van der Waals surface area contributed by atoms with E-state index < -0.39 is 11.7 Å². The van der Waals surface area contributed by atoms with Crippen LogP contribution < -0.4 is 5.73 Å². The van der Waals surface area contributed by atoms with Gasteiger partial charge >= 0.3 is 6.18 Å². The monoisotopic (exact) mass is 325 g/mol. The highest BCUT2D eigenvalue weighted by Crippen LogP contribution is 2.32. The summed E-state index contributed by atoms with van der Waals surface area (Å²) in [6, 6.07) is 6.98. The van der Waals surface area contributed by atoms with Crippen molar-refractivity contribution in [3.63, 3.8) is 0 Å². The number of hydrogen-bond donors (Lipinski definition) is 1. The van der Waals surface area contributed by atoms with Crippen molar-refractivity contribution in [2.75, 3.05) is 5.73 Å². The third kappa shape index (κ3) is 2.74. The van der Waals surface area contributed by atoms with Crippen LogP contribution in [0.15, 0.2) is 42.7 Å². The van der Waals surface area contributed by atoms with Gasteiger partial charge in [0.1, 0.15) is 5.65 Å². The summed E-state index contributed by atoms with van der Waals surface area (Å²) in [6.45, 7) is 0.331. The molecule has 0 aliphatic carbocycles. The van der Waals surface area contributed by atoms with E-state index in [0.29, 0.717) is 23.4 Å². The summed E-state index contributed by atoms with van der Waals surface area (Å²) >= 11 is 5.98. The molecule has 0 bridgehead atoms. The third-order valence-corrected chi connectivity index (χ3v) is 3.70. The topological polar surface area (TPSA) is 43.8 Å². The predicted octanol–water partition coefficient (Wildman–Crippen LogP) is 4.34. The molecule has 3 nitrogen and oxygen atoms in total. The number of rotatable bonds is 2. The van der Waals surface area contributed by atoms with E-state index in [1.54, 1.807) is 12.3 Å². The molecule has 7 heteroatoms. The van der Waals surface area contributed by atoms with Gasteiger partial charge in [-0.3, -0.25) is 0 Å². The zero-order valence-electron chi connectivity index (χ0n) is 11.2. The lowest BCUT2D eigenvalue weighted by Gasteiger charge is -2.11. The second kappa shape index (κ2) is 5.21. The zero-order chi connectivity index (χ0) is 15.9. The van der Waals surface area contributed by atoms with Gasteiger partial charge in [-0.1, -0.05) is 17.7 Å². The van der Waals surface area contributed by atoms with Crippen LogP contribution in [0.25, 0.3) is 11.0 Å². The van der Waals surface area contributed by atoms with Gasteiger partial charge in [0.05, 0.1) is 24.0 Å². The molecule has 3 rings (SSSR count). The molecule has 0 saturated carbocycles. The Morgan fingerprint density at radius 3 is 2.64 bits per heavy atom. The Kier molecular flexibility index (Phi) is 3.48. The standard InChI is InChI=1S/C15H11ClF3N3/c16-13-6-11(15(17,18)19)2-1-10(13)8-22-4-3-9-5-12(20)7-21-14(9)22/h1-7H,8,20H2. The molecule has 0 spiro atoms. The second-order valence-electron chi connectivity index (χ2n) is 4.93. The lowest BCUT2D eigenvalue weighted by molar-refractivity contribution is -0.137. The Labute approximate surface area is 129 Å². The number of halogens is 4. The molecule has 0 aliphatic heterocycles. The summed E-state index contributed by atoms with van der Waals surface area (Å²) < 4.78 is 39.7. The van der Waals surface area contributed by atoms with Gasteiger partial charge in [0.15, 0.2) is 0 Å². The smallest absolute Gasteiger partial charge is 0.397 e. The molecule has 0 radical (unpaired) electrons. The highest BCUT2D eigenvalue weighted by atomic mass is 35.5. The number of aromatic nitrogens is 2. The minimum absolute atomic E-state index is 0.0760. The van der Waals surface area contributed by atoms with Gasteiger partial charge in [0.25, 0.3) is 0 Å². The first kappa shape index (κ1) is 14.7. The van der Waals surface area contributed by atoms with Gasteiger partial charge in [-0.15, -0.1) is 0 Å². The van der Waals surface area contributed by atoms with Crippen molar-refractivity contribution in [1.29, 1.82) is 0 Å². The van der Waals surface area contributed by atoms with Crippen molar-refractivity contribution in [3.8, 4) is 0 Å². The number of benzene rings is 1. The van der Waals surface area contributed by atoms with Crippen molar-refractivity contribution in [3.05, 3.63) is 58.9 Å². The highest BCUT2D eigenvalue weighted by Gasteiger charge is 2.30. The fourth-order valence-electron chi connectivity index (χ4n) is 2.26. The van der Waals surface area contributed by atoms with Gasteiger partial charge < -0.3 is 10.3 Å². The number of hydrogen-bond acceptors (Lipinski definition) is 2. The maximum absolute atomic E-state index is 12.6. The number of anilines is 1. The summed E-state index contributed by atoms with van der Waals surface area (Å²) in [5.41, 5.74) is 6.75. The van der Waals surface area contributed by atoms with Gasteiger partial charge in [-0.25, -0.2) is 4.98 Å². The van der Waals surface area contributed by atoms with Crippen LogP contribution in [0, 0.1) is 0 Å². The van der Waals surface area contributed by atoms with Crippen molar-refractivity contribution in [1.82, 2.24) is 9.55 Å². The molecule has 22 heavy (non-hydrogen) atoms. The number of nitrogen functional groups attached to an aromatic ring is 1. The van der Waals surface area contributed by atoms with Crippen molar-refractivity contribution in [2.45, 2.75) is 12.7 Å². The number of nitrogens with zero attached hydrogens (tertiary/aromatic N) is 2. The molecule has 1 aromatic carbocycles. The Balaban J connectivity index is 1.95. The fraction of sp³-hybridized carbons (Fsp3) is 0.133. The number of pyridine rings is 1. The Morgan fingerprint density at radius 2 is 1.95 bits per heavy atom. The average molecular weight is 326 g/mol. The average Bonchev–Trinajstić information content (AvgIpc) is 2.82. The molecule has 0 aliphatic rings. The lowest BCUT2D eigenvalue weighted by Crippen LogP contribution is -2.06. The molecule has 0 fully saturated rings. The van der Waals surface area contributed by atoms with Crippen molar-refractivity contribution >= 4 is 28.3 Å². The van der Waals surface area contributed by atoms with Crippen LogP contribution in [-0.2, 0) is 12.7 Å². The van der Waals surface area contributed by atoms with Gasteiger partial charge in [-0.05, 0) is 29.8 Å². The molecular weight excluding hydrogens is 315 g/mol. The summed E-state index contributed by atoms with van der Waals surface area (Å²) in [5, 5.41) is 0.940. The van der Waals surface area contributed by atoms with E-state index in [-0.39, 0.29) is 5.02 Å². The molecule has 0 saturated heterocycles. The van der Waals surface area contributed by atoms with Gasteiger partial charge in [0, 0.05) is 16.6 Å². The molecular formula is C15H11ClF3N3. The minimum atomic E-state index is -4.40. The quantitative estimate of drug-likeness (QED) is 0.761. The van der Waals surface area contributed by atoms with Crippen LogP contribution in [0.5, 0.6) is 0 Å². The normalized spacial score (nSPS) is 12.0. The maximum Gasteiger partial charge on any atom is 0.416 e. The van der Waals surface area contributed by atoms with E-state index in [1.807, 2.05) is 10.6 Å². The first-order valence-electron chi connectivity index (χ1n) is 6.40. The van der Waals surface area contributed by atoms with Crippen molar-refractivity contribution < 1.29 is 13.2 Å². The Hall–Kier alpha value is -2.21. The van der Waals surface area contributed by atoms with E-state index in [9.17, 15) is 13.2 Å². The van der Waals surface area contributed by atoms with E-state index >= 15 is 0 Å². The molecule has 114 valence electrons. The van der Waals surface area contributed by atoms with E-state index in [1.165, 1.54) is 12.3 Å². The number of nitrogens with two attached hydrogens (primary N) is 1. The van der Waals surface area contributed by atoms with Gasteiger partial charge in [0.2, 0.25) is 0 Å². The number of alkyl halides is 3. The third-order valence-electron chi connectivity index (χ3n) is 3.34. The number of fused-ring (bicyclic) bond motifs is 1. The van der Waals surface area contributed by atoms with E-state index in [0.717, 1.165) is 17.5 Å². The van der Waals surface area contributed by atoms with Crippen LogP contribution in [0.3, 0.4) is 0 Å². The first-order valence-corrected chi connectivity index (χ1v) is 6.78. The Bertz CT molecular complexity index is 840. The summed E-state index contributed by atoms with van der Waals surface area (Å²) in [4.78, 5) is 4.24. The van der Waals surface area contributed by atoms with Crippen LogP contribution in [-0.4, -0.2) is 9.55 Å². The zero-order valence-corrected chi connectivity index (χ0v) is 12.0. The van der Waals surface area contributed by atoms with Crippen LogP contribution >= 0.6 is 11.6 Å². The maximum atomic E-state index is 12.6. The predicted molar refractivity (Wildman–Crippen MR) is 79.7 cm³/mol. The molecule has 0 amide bonds. The lowest BCUT2D eigenvalue weighted by atomic mass is 10.1. The largest absolute Gasteiger partial charge is 0.416 e. The van der Waals surface area contributed by atoms with Crippen LogP contribution in [0.1, 0.15) is 11.1 Å². The first-order chi connectivity index (χ1) is 10.3.